The van der Waals surface area contributed by atoms with Crippen molar-refractivity contribution < 1.29 is 19.4 Å². The van der Waals surface area contributed by atoms with E-state index in [0.717, 1.165) is 6.08 Å². The van der Waals surface area contributed by atoms with E-state index in [0.29, 0.717) is 18.1 Å². The van der Waals surface area contributed by atoms with Gasteiger partial charge in [-0.25, -0.2) is 9.59 Å². The number of carboxylic acid groups (broad SMARTS) is 1. The van der Waals surface area contributed by atoms with Crippen molar-refractivity contribution in [2.45, 2.75) is 34.6 Å². The summed E-state index contributed by atoms with van der Waals surface area (Å²) in [4.78, 5) is 20.6. The Morgan fingerprint density at radius 3 is 1.94 bits per heavy atom. The van der Waals surface area contributed by atoms with Gasteiger partial charge in [-0.2, -0.15) is 0 Å². The molecule has 0 atom stereocenters. The molecular weight excluding hydrogens is 232 g/mol. The summed E-state index contributed by atoms with van der Waals surface area (Å²) in [7, 11) is 0. The molecule has 0 bridgehead atoms. The first-order valence-electron chi connectivity index (χ1n) is 5.74. The molecule has 0 unspecified atom stereocenters. The first-order chi connectivity index (χ1) is 8.02. The van der Waals surface area contributed by atoms with E-state index in [1.807, 2.05) is 34.6 Å². The molecule has 0 aromatic heterocycles. The lowest BCUT2D eigenvalue weighted by Gasteiger charge is -2.20. The Labute approximate surface area is 109 Å². The van der Waals surface area contributed by atoms with Crippen LogP contribution in [0.1, 0.15) is 34.6 Å². The summed E-state index contributed by atoms with van der Waals surface area (Å²) in [6.07, 6.45) is 0.833. The summed E-state index contributed by atoms with van der Waals surface area (Å²) in [5.74, 6) is -0.886. The lowest BCUT2D eigenvalue weighted by Crippen LogP contribution is -2.20. The zero-order valence-corrected chi connectivity index (χ0v) is 11.9. The highest BCUT2D eigenvalue weighted by molar-refractivity contribution is 5.88. The summed E-state index contributed by atoms with van der Waals surface area (Å²) in [6.45, 7) is 17.0. The Morgan fingerprint density at radius 1 is 1.33 bits per heavy atom. The summed E-state index contributed by atoms with van der Waals surface area (Å²) in [5, 5.41) is 7.60. The third kappa shape index (κ3) is 10.9. The standard InChI is InChI=1S/C11H20O2.C3H4O2/c1-8(2)7-13-10(12)9(3)11(4,5)6;1-2-3(4)5/h8H,3,7H2,1-2,4-6H3;2H,1H2,(H,4,5). The van der Waals surface area contributed by atoms with Crippen molar-refractivity contribution in [3.8, 4) is 0 Å². The molecule has 0 aliphatic rings. The van der Waals surface area contributed by atoms with Crippen molar-refractivity contribution in [1.82, 2.24) is 0 Å². The number of hydrogen-bond donors (Lipinski definition) is 1. The monoisotopic (exact) mass is 256 g/mol. The Bertz CT molecular complexity index is 308. The van der Waals surface area contributed by atoms with Crippen LogP contribution >= 0.6 is 0 Å². The van der Waals surface area contributed by atoms with E-state index in [4.69, 9.17) is 9.84 Å². The minimum Gasteiger partial charge on any atom is -0.478 e. The van der Waals surface area contributed by atoms with Gasteiger partial charge in [-0.05, 0) is 11.3 Å². The Balaban J connectivity index is 0. The minimum atomic E-state index is -0.981. The first-order valence-corrected chi connectivity index (χ1v) is 5.74. The number of hydrogen-bond acceptors (Lipinski definition) is 3. The van der Waals surface area contributed by atoms with Crippen molar-refractivity contribution in [2.75, 3.05) is 6.61 Å². The topological polar surface area (TPSA) is 63.6 Å². The van der Waals surface area contributed by atoms with Gasteiger partial charge in [0.15, 0.2) is 0 Å². The van der Waals surface area contributed by atoms with Gasteiger partial charge in [-0.15, -0.1) is 0 Å². The van der Waals surface area contributed by atoms with Crippen LogP contribution in [0.2, 0.25) is 0 Å². The summed E-state index contributed by atoms with van der Waals surface area (Å²) >= 11 is 0. The van der Waals surface area contributed by atoms with Gasteiger partial charge in [-0.3, -0.25) is 0 Å². The molecule has 0 aliphatic heterocycles. The van der Waals surface area contributed by atoms with Crippen molar-refractivity contribution in [2.24, 2.45) is 11.3 Å². The number of esters is 1. The maximum atomic E-state index is 11.4. The van der Waals surface area contributed by atoms with Gasteiger partial charge in [-0.1, -0.05) is 47.8 Å². The molecule has 0 aliphatic carbocycles. The summed E-state index contributed by atoms with van der Waals surface area (Å²) in [5.41, 5.74) is 0.335. The third-order valence-electron chi connectivity index (χ3n) is 1.87. The molecule has 0 saturated carbocycles. The molecule has 0 aromatic carbocycles. The highest BCUT2D eigenvalue weighted by Gasteiger charge is 2.22. The number of ether oxygens (including phenoxy) is 1. The molecule has 0 saturated heterocycles. The molecule has 4 heteroatoms. The molecular formula is C14H24O4. The minimum absolute atomic E-state index is 0.200. The van der Waals surface area contributed by atoms with Crippen LogP contribution in [0.15, 0.2) is 24.8 Å². The van der Waals surface area contributed by atoms with Gasteiger partial charge in [0.2, 0.25) is 0 Å². The molecule has 1 N–H and O–H groups in total. The Hall–Kier alpha value is -1.58. The van der Waals surface area contributed by atoms with Crippen molar-refractivity contribution in [3.63, 3.8) is 0 Å². The average molecular weight is 256 g/mol. The van der Waals surface area contributed by atoms with E-state index in [9.17, 15) is 9.59 Å². The average Bonchev–Trinajstić information content (AvgIpc) is 2.24. The second-order valence-corrected chi connectivity index (χ2v) is 5.26. The zero-order chi connectivity index (χ0) is 14.9. The normalized spacial score (nSPS) is 10.1. The molecule has 0 spiro atoms. The van der Waals surface area contributed by atoms with Crippen molar-refractivity contribution in [3.05, 3.63) is 24.8 Å². The van der Waals surface area contributed by atoms with Crippen LogP contribution in [0.3, 0.4) is 0 Å². The molecule has 4 nitrogen and oxygen atoms in total. The predicted octanol–water partition coefficient (Wildman–Crippen LogP) is 3.04. The van der Waals surface area contributed by atoms with Crippen LogP contribution in [0, 0.1) is 11.3 Å². The van der Waals surface area contributed by atoms with Gasteiger partial charge in [0.1, 0.15) is 0 Å². The molecule has 0 heterocycles. The molecule has 0 radical (unpaired) electrons. The Kier molecular flexibility index (Phi) is 8.87. The van der Waals surface area contributed by atoms with Gasteiger partial charge in [0.25, 0.3) is 0 Å². The summed E-state index contributed by atoms with van der Waals surface area (Å²) < 4.78 is 5.05. The number of aliphatic carboxylic acids is 1. The van der Waals surface area contributed by atoms with Crippen molar-refractivity contribution >= 4 is 11.9 Å². The van der Waals surface area contributed by atoms with E-state index >= 15 is 0 Å². The summed E-state index contributed by atoms with van der Waals surface area (Å²) in [6, 6.07) is 0. The van der Waals surface area contributed by atoms with Crippen LogP contribution < -0.4 is 0 Å². The quantitative estimate of drug-likeness (QED) is 0.620. The van der Waals surface area contributed by atoms with Crippen LogP contribution in [0.25, 0.3) is 0 Å². The highest BCUT2D eigenvalue weighted by Crippen LogP contribution is 2.24. The number of carbonyl (C=O) groups excluding carboxylic acids is 1. The van der Waals surface area contributed by atoms with Crippen LogP contribution in [0.4, 0.5) is 0 Å². The van der Waals surface area contributed by atoms with Gasteiger partial charge < -0.3 is 9.84 Å². The lowest BCUT2D eigenvalue weighted by atomic mass is 9.88. The Morgan fingerprint density at radius 2 is 1.72 bits per heavy atom. The SMILES string of the molecule is C=C(C(=O)OCC(C)C)C(C)(C)C.C=CC(=O)O. The molecule has 104 valence electrons. The fourth-order valence-corrected chi connectivity index (χ4v) is 0.636. The van der Waals surface area contributed by atoms with Crippen LogP contribution in [-0.2, 0) is 14.3 Å². The van der Waals surface area contributed by atoms with Gasteiger partial charge >= 0.3 is 11.9 Å². The van der Waals surface area contributed by atoms with Gasteiger partial charge in [0.05, 0.1) is 6.61 Å². The number of carbonyl (C=O) groups is 2. The lowest BCUT2D eigenvalue weighted by molar-refractivity contribution is -0.141. The maximum Gasteiger partial charge on any atom is 0.333 e. The van der Waals surface area contributed by atoms with Crippen LogP contribution in [0.5, 0.6) is 0 Å². The molecule has 0 amide bonds. The van der Waals surface area contributed by atoms with Crippen molar-refractivity contribution in [1.29, 1.82) is 0 Å². The van der Waals surface area contributed by atoms with Gasteiger partial charge in [0, 0.05) is 11.6 Å². The fourth-order valence-electron chi connectivity index (χ4n) is 0.636. The number of carboxylic acids is 1. The molecule has 0 fully saturated rings. The third-order valence-corrected chi connectivity index (χ3v) is 1.87. The van der Waals surface area contributed by atoms with Crippen LogP contribution in [-0.4, -0.2) is 23.7 Å². The molecule has 0 rings (SSSR count). The van der Waals surface area contributed by atoms with E-state index in [-0.39, 0.29) is 11.4 Å². The predicted molar refractivity (Wildman–Crippen MR) is 72.2 cm³/mol. The number of rotatable bonds is 4. The van der Waals surface area contributed by atoms with E-state index < -0.39 is 5.97 Å². The van der Waals surface area contributed by atoms with E-state index in [1.54, 1.807) is 0 Å². The largest absolute Gasteiger partial charge is 0.478 e. The fraction of sp³-hybridized carbons (Fsp3) is 0.571. The molecule has 18 heavy (non-hydrogen) atoms. The zero-order valence-electron chi connectivity index (χ0n) is 11.9. The second kappa shape index (κ2) is 8.50. The smallest absolute Gasteiger partial charge is 0.333 e. The van der Waals surface area contributed by atoms with E-state index in [2.05, 4.69) is 13.2 Å². The molecule has 0 aromatic rings. The maximum absolute atomic E-state index is 11.4. The highest BCUT2D eigenvalue weighted by atomic mass is 16.5. The van der Waals surface area contributed by atoms with E-state index in [1.165, 1.54) is 0 Å². The first kappa shape index (κ1) is 18.8. The second-order valence-electron chi connectivity index (χ2n) is 5.26.